The van der Waals surface area contributed by atoms with Gasteiger partial charge in [0, 0.05) is 19.6 Å². The summed E-state index contributed by atoms with van der Waals surface area (Å²) in [4.78, 5) is 17.9. The van der Waals surface area contributed by atoms with Crippen LogP contribution in [0.1, 0.15) is 50.4 Å². The normalized spacial score (nSPS) is 21.7. The number of ether oxygens (including phenoxy) is 1. The van der Waals surface area contributed by atoms with Crippen LogP contribution < -0.4 is 15.7 Å². The summed E-state index contributed by atoms with van der Waals surface area (Å²) in [6, 6.07) is 7.42. The zero-order valence-corrected chi connectivity index (χ0v) is 16.7. The number of methoxy groups -OCH3 is 1. The molecule has 0 amide bonds. The van der Waals surface area contributed by atoms with Crippen molar-refractivity contribution in [3.63, 3.8) is 0 Å². The molecule has 2 aliphatic rings. The van der Waals surface area contributed by atoms with E-state index in [-0.39, 0.29) is 11.7 Å². The van der Waals surface area contributed by atoms with Crippen LogP contribution in [-0.4, -0.2) is 53.0 Å². The van der Waals surface area contributed by atoms with Crippen molar-refractivity contribution >= 4 is 0 Å². The van der Waals surface area contributed by atoms with E-state index in [4.69, 9.17) is 4.74 Å². The molecular weight excluding hydrogens is 354 g/mol. The van der Waals surface area contributed by atoms with Crippen LogP contribution in [0.3, 0.4) is 0 Å². The highest BCUT2D eigenvalue weighted by atomic mass is 16.5. The van der Waals surface area contributed by atoms with Gasteiger partial charge < -0.3 is 15.0 Å². The van der Waals surface area contributed by atoms with Gasteiger partial charge in [-0.3, -0.25) is 4.98 Å². The third-order valence-corrected chi connectivity index (χ3v) is 6.12. The molecule has 1 aliphatic heterocycles. The molecule has 2 aromatic rings. The summed E-state index contributed by atoms with van der Waals surface area (Å²) in [5, 5.41) is 8.07. The highest BCUT2D eigenvalue weighted by molar-refractivity contribution is 5.36. The van der Waals surface area contributed by atoms with E-state index >= 15 is 0 Å². The molecule has 28 heavy (non-hydrogen) atoms. The zero-order valence-electron chi connectivity index (χ0n) is 16.7. The Balaban J connectivity index is 1.40. The quantitative estimate of drug-likeness (QED) is 0.799. The molecular formula is C21H31N5O2. The first-order valence-corrected chi connectivity index (χ1v) is 10.5. The van der Waals surface area contributed by atoms with Crippen LogP contribution >= 0.6 is 0 Å². The van der Waals surface area contributed by atoms with E-state index in [1.165, 1.54) is 43.2 Å². The molecule has 7 heteroatoms. The lowest BCUT2D eigenvalue weighted by Crippen LogP contribution is -2.46. The third kappa shape index (κ3) is 4.47. The molecule has 1 unspecified atom stereocenters. The van der Waals surface area contributed by atoms with Gasteiger partial charge in [-0.2, -0.15) is 4.68 Å². The van der Waals surface area contributed by atoms with Crippen LogP contribution in [0.25, 0.3) is 5.69 Å². The minimum absolute atomic E-state index is 0.0623. The van der Waals surface area contributed by atoms with E-state index in [1.807, 2.05) is 24.3 Å². The topological polar surface area (TPSA) is 75.2 Å². The second-order valence-electron chi connectivity index (χ2n) is 8.03. The molecule has 152 valence electrons. The monoisotopic (exact) mass is 385 g/mol. The summed E-state index contributed by atoms with van der Waals surface area (Å²) in [7, 11) is 1.63. The number of rotatable bonds is 6. The first-order chi connectivity index (χ1) is 13.7. The molecule has 0 bridgehead atoms. The predicted molar refractivity (Wildman–Crippen MR) is 109 cm³/mol. The maximum atomic E-state index is 12.4. The number of benzene rings is 1. The summed E-state index contributed by atoms with van der Waals surface area (Å²) in [6.07, 6.45) is 8.31. The van der Waals surface area contributed by atoms with Crippen LogP contribution in [0.15, 0.2) is 29.1 Å². The fourth-order valence-corrected chi connectivity index (χ4v) is 4.43. The van der Waals surface area contributed by atoms with E-state index < -0.39 is 0 Å². The maximum absolute atomic E-state index is 12.4. The van der Waals surface area contributed by atoms with E-state index in [9.17, 15) is 4.79 Å². The lowest BCUT2D eigenvalue weighted by Gasteiger charge is -2.34. The molecule has 1 aromatic heterocycles. The van der Waals surface area contributed by atoms with Gasteiger partial charge in [-0.05, 0) is 43.1 Å². The minimum atomic E-state index is -0.207. The van der Waals surface area contributed by atoms with Crippen LogP contribution in [0.5, 0.6) is 5.75 Å². The third-order valence-electron chi connectivity index (χ3n) is 6.12. The van der Waals surface area contributed by atoms with E-state index in [0.29, 0.717) is 5.82 Å². The maximum Gasteiger partial charge on any atom is 0.348 e. The Hall–Kier alpha value is -2.12. The molecule has 0 spiro atoms. The van der Waals surface area contributed by atoms with Crippen LogP contribution in [0.4, 0.5) is 0 Å². The Morgan fingerprint density at radius 2 is 1.96 bits per heavy atom. The Bertz CT molecular complexity index is 807. The lowest BCUT2D eigenvalue weighted by molar-refractivity contribution is 0.177. The van der Waals surface area contributed by atoms with Crippen LogP contribution in [-0.2, 0) is 0 Å². The summed E-state index contributed by atoms with van der Waals surface area (Å²) < 4.78 is 6.61. The average Bonchev–Trinajstić information content (AvgIpc) is 3.15. The van der Waals surface area contributed by atoms with Gasteiger partial charge in [-0.1, -0.05) is 32.1 Å². The average molecular weight is 386 g/mol. The van der Waals surface area contributed by atoms with Gasteiger partial charge in [0.1, 0.15) is 11.6 Å². The second kappa shape index (κ2) is 8.92. The number of aromatic amines is 1. The van der Waals surface area contributed by atoms with Crippen LogP contribution in [0.2, 0.25) is 0 Å². The molecule has 7 nitrogen and oxygen atoms in total. The summed E-state index contributed by atoms with van der Waals surface area (Å²) in [5.74, 6) is 2.37. The van der Waals surface area contributed by atoms with Gasteiger partial charge in [0.2, 0.25) is 0 Å². The number of H-pyrrole nitrogens is 1. The summed E-state index contributed by atoms with van der Waals surface area (Å²) in [5.41, 5.74) is 0.527. The Labute approximate surface area is 166 Å². The van der Waals surface area contributed by atoms with Gasteiger partial charge in [0.15, 0.2) is 0 Å². The molecule has 1 aromatic carbocycles. The second-order valence-corrected chi connectivity index (χ2v) is 8.03. The largest absolute Gasteiger partial charge is 0.497 e. The molecule has 1 aliphatic carbocycles. The Morgan fingerprint density at radius 1 is 1.18 bits per heavy atom. The fraction of sp³-hybridized carbons (Fsp3) is 0.619. The first-order valence-electron chi connectivity index (χ1n) is 10.5. The van der Waals surface area contributed by atoms with Gasteiger partial charge >= 0.3 is 5.69 Å². The molecule has 2 heterocycles. The standard InChI is InChI=1S/C21H31N5O2/c1-28-18-9-7-17(8-10-18)26-21(27)23-20(24-26)19-15-25(14-12-22-19)13-11-16-5-3-2-4-6-16/h7-10,16,19,22H,2-6,11-15H2,1H3,(H,23,24,27). The molecule has 2 N–H and O–H groups in total. The van der Waals surface area contributed by atoms with Crippen molar-refractivity contribution < 1.29 is 4.74 Å². The molecule has 2 fully saturated rings. The molecule has 1 saturated carbocycles. The number of aromatic nitrogens is 3. The van der Waals surface area contributed by atoms with Crippen LogP contribution in [0, 0.1) is 5.92 Å². The number of hydrogen-bond acceptors (Lipinski definition) is 5. The minimum Gasteiger partial charge on any atom is -0.497 e. The number of nitrogens with zero attached hydrogens (tertiary/aromatic N) is 3. The van der Waals surface area contributed by atoms with E-state index in [1.54, 1.807) is 7.11 Å². The summed E-state index contributed by atoms with van der Waals surface area (Å²) >= 11 is 0. The van der Waals surface area contributed by atoms with Crippen molar-refractivity contribution in [2.45, 2.75) is 44.6 Å². The van der Waals surface area contributed by atoms with Gasteiger partial charge in [-0.15, -0.1) is 5.10 Å². The predicted octanol–water partition coefficient (Wildman–Crippen LogP) is 2.49. The van der Waals surface area contributed by atoms with Gasteiger partial charge in [0.25, 0.3) is 0 Å². The lowest BCUT2D eigenvalue weighted by atomic mass is 9.87. The van der Waals surface area contributed by atoms with Crippen molar-refractivity contribution in [3.05, 3.63) is 40.6 Å². The molecule has 1 atom stereocenters. The fourth-order valence-electron chi connectivity index (χ4n) is 4.43. The Morgan fingerprint density at radius 3 is 2.71 bits per heavy atom. The van der Waals surface area contributed by atoms with Gasteiger partial charge in [-0.25, -0.2) is 4.79 Å². The smallest absolute Gasteiger partial charge is 0.348 e. The SMILES string of the molecule is COc1ccc(-n2nc(C3CN(CCC4CCCCC4)CCN3)[nH]c2=O)cc1. The van der Waals surface area contributed by atoms with Gasteiger partial charge in [0.05, 0.1) is 18.8 Å². The highest BCUT2D eigenvalue weighted by Crippen LogP contribution is 2.27. The van der Waals surface area contributed by atoms with Crippen molar-refractivity contribution in [1.82, 2.24) is 25.0 Å². The van der Waals surface area contributed by atoms with Crippen molar-refractivity contribution in [1.29, 1.82) is 0 Å². The van der Waals surface area contributed by atoms with E-state index in [0.717, 1.165) is 43.5 Å². The molecule has 4 rings (SSSR count). The number of piperazine rings is 1. The Kier molecular flexibility index (Phi) is 6.12. The number of hydrogen-bond donors (Lipinski definition) is 2. The first kappa shape index (κ1) is 19.2. The molecule has 0 radical (unpaired) electrons. The zero-order chi connectivity index (χ0) is 19.3. The molecule has 1 saturated heterocycles. The summed E-state index contributed by atoms with van der Waals surface area (Å²) in [6.45, 7) is 4.02. The highest BCUT2D eigenvalue weighted by Gasteiger charge is 2.25. The van der Waals surface area contributed by atoms with Crippen molar-refractivity contribution in [2.24, 2.45) is 5.92 Å². The number of nitrogens with one attached hydrogen (secondary N) is 2. The van der Waals surface area contributed by atoms with Crippen molar-refractivity contribution in [2.75, 3.05) is 33.3 Å². The van der Waals surface area contributed by atoms with Crippen molar-refractivity contribution in [3.8, 4) is 11.4 Å². The van der Waals surface area contributed by atoms with E-state index in [2.05, 4.69) is 20.3 Å².